The largest absolute Gasteiger partial charge is 0.355 e. The topological polar surface area (TPSA) is 41.1 Å². The van der Waals surface area contributed by atoms with Crippen LogP contribution in [0.1, 0.15) is 33.6 Å². The molecule has 1 fully saturated rings. The molecule has 0 aromatic heterocycles. The van der Waals surface area contributed by atoms with Crippen LogP contribution in [0.4, 0.5) is 0 Å². The van der Waals surface area contributed by atoms with E-state index >= 15 is 0 Å². The lowest BCUT2D eigenvalue weighted by atomic mass is 10.2. The number of nitrogens with one attached hydrogen (secondary N) is 2. The lowest BCUT2D eigenvalue weighted by Gasteiger charge is -2.13. The molecule has 3 nitrogen and oxygen atoms in total. The minimum absolute atomic E-state index is 0.0469. The van der Waals surface area contributed by atoms with Gasteiger partial charge in [-0.3, -0.25) is 4.79 Å². The van der Waals surface area contributed by atoms with E-state index in [1.807, 2.05) is 6.92 Å². The molecular weight excluding hydrogens is 176 g/mol. The fourth-order valence-electron chi connectivity index (χ4n) is 1.51. The Morgan fingerprint density at radius 1 is 1.57 bits per heavy atom. The first kappa shape index (κ1) is 11.5. The molecule has 1 aliphatic rings. The van der Waals surface area contributed by atoms with E-state index in [1.54, 1.807) is 0 Å². The van der Waals surface area contributed by atoms with Gasteiger partial charge in [-0.25, -0.2) is 0 Å². The Hall–Kier alpha value is -0.570. The monoisotopic (exact) mass is 198 g/mol. The second-order valence-electron chi connectivity index (χ2n) is 4.39. The van der Waals surface area contributed by atoms with Crippen molar-refractivity contribution < 1.29 is 4.79 Å². The van der Waals surface area contributed by atoms with Crippen LogP contribution in [0.2, 0.25) is 0 Å². The van der Waals surface area contributed by atoms with Crippen LogP contribution in [0.3, 0.4) is 0 Å². The quantitative estimate of drug-likeness (QED) is 0.672. The van der Waals surface area contributed by atoms with Gasteiger partial charge in [-0.2, -0.15) is 0 Å². The summed E-state index contributed by atoms with van der Waals surface area (Å²) in [5.74, 6) is 1.78. The van der Waals surface area contributed by atoms with Gasteiger partial charge in [0.25, 0.3) is 0 Å². The predicted molar refractivity (Wildman–Crippen MR) is 58.0 cm³/mol. The van der Waals surface area contributed by atoms with E-state index < -0.39 is 0 Å². The Morgan fingerprint density at radius 2 is 2.21 bits per heavy atom. The highest BCUT2D eigenvalue weighted by Crippen LogP contribution is 2.36. The lowest BCUT2D eigenvalue weighted by molar-refractivity contribution is -0.122. The second-order valence-corrected chi connectivity index (χ2v) is 4.39. The van der Waals surface area contributed by atoms with Gasteiger partial charge in [-0.05, 0) is 38.1 Å². The minimum Gasteiger partial charge on any atom is -0.355 e. The van der Waals surface area contributed by atoms with Crippen molar-refractivity contribution in [3.63, 3.8) is 0 Å². The fourth-order valence-corrected chi connectivity index (χ4v) is 1.51. The fraction of sp³-hybridized carbons (Fsp3) is 0.909. The molecule has 0 heterocycles. The summed E-state index contributed by atoms with van der Waals surface area (Å²) in [4.78, 5) is 11.4. The van der Waals surface area contributed by atoms with Crippen molar-refractivity contribution >= 4 is 5.91 Å². The normalized spacial score (nSPS) is 27.1. The molecule has 82 valence electrons. The molecule has 0 saturated heterocycles. The number of amides is 1. The Labute approximate surface area is 86.6 Å². The summed E-state index contributed by atoms with van der Waals surface area (Å²) in [7, 11) is 0. The predicted octanol–water partition coefficient (Wildman–Crippen LogP) is 1.15. The molecule has 3 atom stereocenters. The molecule has 0 spiro atoms. The van der Waals surface area contributed by atoms with Gasteiger partial charge in [0.2, 0.25) is 5.91 Å². The average molecular weight is 198 g/mol. The molecule has 0 aliphatic heterocycles. The van der Waals surface area contributed by atoms with Crippen molar-refractivity contribution in [1.29, 1.82) is 0 Å². The summed E-state index contributed by atoms with van der Waals surface area (Å²) in [5.41, 5.74) is 0. The van der Waals surface area contributed by atoms with Crippen molar-refractivity contribution in [2.75, 3.05) is 13.1 Å². The molecule has 1 aliphatic carbocycles. The van der Waals surface area contributed by atoms with Crippen LogP contribution in [0.5, 0.6) is 0 Å². The van der Waals surface area contributed by atoms with Gasteiger partial charge in [0.05, 0.1) is 6.04 Å². The van der Waals surface area contributed by atoms with Crippen molar-refractivity contribution in [3.8, 4) is 0 Å². The first-order chi connectivity index (χ1) is 6.65. The van der Waals surface area contributed by atoms with Crippen LogP contribution in [-0.2, 0) is 4.79 Å². The Kier molecular flexibility index (Phi) is 4.39. The third kappa shape index (κ3) is 3.66. The standard InChI is InChI=1S/C11H22N2O/c1-4-5-12-11(14)9(3)13-7-10-6-8(10)2/h8-10,13H,4-7H2,1-3H3,(H,12,14). The summed E-state index contributed by atoms with van der Waals surface area (Å²) >= 11 is 0. The van der Waals surface area contributed by atoms with Crippen molar-refractivity contribution in [3.05, 3.63) is 0 Å². The van der Waals surface area contributed by atoms with Crippen LogP contribution >= 0.6 is 0 Å². The summed E-state index contributed by atoms with van der Waals surface area (Å²) in [5, 5.41) is 6.16. The molecule has 1 rings (SSSR count). The highest BCUT2D eigenvalue weighted by molar-refractivity contribution is 5.81. The first-order valence-electron chi connectivity index (χ1n) is 5.66. The van der Waals surface area contributed by atoms with Gasteiger partial charge in [-0.15, -0.1) is 0 Å². The van der Waals surface area contributed by atoms with Crippen LogP contribution in [0.25, 0.3) is 0 Å². The van der Waals surface area contributed by atoms with Gasteiger partial charge >= 0.3 is 0 Å². The van der Waals surface area contributed by atoms with Crippen LogP contribution < -0.4 is 10.6 Å². The molecule has 0 radical (unpaired) electrons. The summed E-state index contributed by atoms with van der Waals surface area (Å²) in [6, 6.07) is -0.0469. The number of hydrogen-bond acceptors (Lipinski definition) is 2. The smallest absolute Gasteiger partial charge is 0.236 e. The number of rotatable bonds is 6. The molecular formula is C11H22N2O. The van der Waals surface area contributed by atoms with Gasteiger partial charge < -0.3 is 10.6 Å². The highest BCUT2D eigenvalue weighted by atomic mass is 16.2. The molecule has 1 saturated carbocycles. The van der Waals surface area contributed by atoms with E-state index in [-0.39, 0.29) is 11.9 Å². The summed E-state index contributed by atoms with van der Waals surface area (Å²) in [6.07, 6.45) is 2.31. The maximum atomic E-state index is 11.4. The summed E-state index contributed by atoms with van der Waals surface area (Å²) in [6.45, 7) is 8.02. The number of carbonyl (C=O) groups is 1. The Morgan fingerprint density at radius 3 is 2.71 bits per heavy atom. The van der Waals surface area contributed by atoms with Gasteiger partial charge in [0, 0.05) is 6.54 Å². The summed E-state index contributed by atoms with van der Waals surface area (Å²) < 4.78 is 0. The molecule has 2 N–H and O–H groups in total. The zero-order valence-electron chi connectivity index (χ0n) is 9.47. The maximum Gasteiger partial charge on any atom is 0.236 e. The van der Waals surface area contributed by atoms with Crippen molar-refractivity contribution in [2.24, 2.45) is 11.8 Å². The van der Waals surface area contributed by atoms with E-state index in [4.69, 9.17) is 0 Å². The average Bonchev–Trinajstić information content (AvgIpc) is 2.87. The Bertz CT molecular complexity index is 194. The van der Waals surface area contributed by atoms with E-state index in [0.717, 1.165) is 31.3 Å². The first-order valence-corrected chi connectivity index (χ1v) is 5.66. The lowest BCUT2D eigenvalue weighted by Crippen LogP contribution is -2.43. The van der Waals surface area contributed by atoms with Gasteiger partial charge in [-0.1, -0.05) is 13.8 Å². The van der Waals surface area contributed by atoms with E-state index in [0.29, 0.717) is 0 Å². The van der Waals surface area contributed by atoms with E-state index in [9.17, 15) is 4.79 Å². The molecule has 0 bridgehead atoms. The number of hydrogen-bond donors (Lipinski definition) is 2. The third-order valence-corrected chi connectivity index (χ3v) is 2.90. The highest BCUT2D eigenvalue weighted by Gasteiger charge is 2.32. The Balaban J connectivity index is 2.07. The third-order valence-electron chi connectivity index (χ3n) is 2.90. The van der Waals surface area contributed by atoms with Crippen molar-refractivity contribution in [2.45, 2.75) is 39.7 Å². The van der Waals surface area contributed by atoms with Crippen LogP contribution in [0.15, 0.2) is 0 Å². The SMILES string of the molecule is CCCNC(=O)C(C)NCC1CC1C. The molecule has 3 unspecified atom stereocenters. The minimum atomic E-state index is -0.0469. The zero-order chi connectivity index (χ0) is 10.6. The number of carbonyl (C=O) groups excluding carboxylic acids is 1. The van der Waals surface area contributed by atoms with Crippen molar-refractivity contribution in [1.82, 2.24) is 10.6 Å². The van der Waals surface area contributed by atoms with Crippen LogP contribution in [0, 0.1) is 11.8 Å². The molecule has 0 aromatic carbocycles. The van der Waals surface area contributed by atoms with Gasteiger partial charge in [0.1, 0.15) is 0 Å². The molecule has 14 heavy (non-hydrogen) atoms. The molecule has 3 heteroatoms. The van der Waals surface area contributed by atoms with E-state index in [2.05, 4.69) is 24.5 Å². The van der Waals surface area contributed by atoms with Crippen LogP contribution in [-0.4, -0.2) is 25.0 Å². The molecule has 0 aromatic rings. The second kappa shape index (κ2) is 5.35. The maximum absolute atomic E-state index is 11.4. The van der Waals surface area contributed by atoms with E-state index in [1.165, 1.54) is 6.42 Å². The van der Waals surface area contributed by atoms with Gasteiger partial charge in [0.15, 0.2) is 0 Å². The zero-order valence-corrected chi connectivity index (χ0v) is 9.47. The molecule has 1 amide bonds.